The third-order valence-electron chi connectivity index (χ3n) is 6.35. The highest BCUT2D eigenvalue weighted by molar-refractivity contribution is 5.95. The van der Waals surface area contributed by atoms with E-state index in [2.05, 4.69) is 43.2 Å². The maximum Gasteiger partial charge on any atom is 0.255 e. The zero-order chi connectivity index (χ0) is 27.0. The van der Waals surface area contributed by atoms with E-state index in [0.717, 1.165) is 24.1 Å². The smallest absolute Gasteiger partial charge is 0.255 e. The first kappa shape index (κ1) is 29.8. The van der Waals surface area contributed by atoms with E-state index in [1.54, 1.807) is 24.3 Å². The lowest BCUT2D eigenvalue weighted by atomic mass is 9.89. The number of hydrogen-bond acceptors (Lipinski definition) is 2. The molecule has 2 N–H and O–H groups in total. The Morgan fingerprint density at radius 2 is 1.70 bits per heavy atom. The van der Waals surface area contributed by atoms with E-state index in [9.17, 15) is 9.18 Å². The summed E-state index contributed by atoms with van der Waals surface area (Å²) in [6.07, 6.45) is 15.6. The second-order valence-corrected chi connectivity index (χ2v) is 9.29. The molecule has 37 heavy (non-hydrogen) atoms. The molecular formula is C33H43FN2O. The zero-order valence-electron chi connectivity index (χ0n) is 22.9. The van der Waals surface area contributed by atoms with Gasteiger partial charge in [-0.1, -0.05) is 95.5 Å². The molecule has 0 saturated carbocycles. The molecule has 0 heterocycles. The Morgan fingerprint density at radius 3 is 2.32 bits per heavy atom. The van der Waals surface area contributed by atoms with E-state index in [0.29, 0.717) is 22.9 Å². The van der Waals surface area contributed by atoms with Crippen molar-refractivity contribution in [2.24, 2.45) is 0 Å². The number of halogens is 1. The van der Waals surface area contributed by atoms with Crippen molar-refractivity contribution in [3.05, 3.63) is 113 Å². The van der Waals surface area contributed by atoms with Crippen molar-refractivity contribution in [1.29, 1.82) is 0 Å². The average Bonchev–Trinajstić information content (AvgIpc) is 2.90. The molecule has 0 aliphatic heterocycles. The molecule has 2 aromatic rings. The molecule has 0 bridgehead atoms. The van der Waals surface area contributed by atoms with Gasteiger partial charge in [0.1, 0.15) is 5.82 Å². The number of carbonyl (C=O) groups excluding carboxylic acids is 1. The van der Waals surface area contributed by atoms with Gasteiger partial charge in [-0.2, -0.15) is 0 Å². The van der Waals surface area contributed by atoms with Gasteiger partial charge in [0.05, 0.1) is 5.69 Å². The highest BCUT2D eigenvalue weighted by Crippen LogP contribution is 2.27. The molecule has 4 heteroatoms. The Hall–Kier alpha value is -3.40. The van der Waals surface area contributed by atoms with E-state index in [1.165, 1.54) is 43.7 Å². The summed E-state index contributed by atoms with van der Waals surface area (Å²) in [4.78, 5) is 13.1. The van der Waals surface area contributed by atoms with Gasteiger partial charge in [0, 0.05) is 17.0 Å². The van der Waals surface area contributed by atoms with Crippen molar-refractivity contribution in [1.82, 2.24) is 5.32 Å². The molecule has 3 nitrogen and oxygen atoms in total. The van der Waals surface area contributed by atoms with Crippen molar-refractivity contribution in [2.45, 2.75) is 78.6 Å². The Morgan fingerprint density at radius 1 is 0.973 bits per heavy atom. The number of carbonyl (C=O) groups is 1. The van der Waals surface area contributed by atoms with E-state index in [-0.39, 0.29) is 11.7 Å². The Labute approximate surface area is 223 Å². The van der Waals surface area contributed by atoms with Crippen LogP contribution in [-0.4, -0.2) is 5.91 Å². The lowest BCUT2D eigenvalue weighted by Gasteiger charge is -2.17. The van der Waals surface area contributed by atoms with Gasteiger partial charge in [0.2, 0.25) is 0 Å². The van der Waals surface area contributed by atoms with E-state index < -0.39 is 0 Å². The molecule has 0 aliphatic carbocycles. The SMILES string of the molecule is C=C(/C=C\C(=C/C)C(=CCC)NC(=O)c1ccc(C(CCC)CCCCC)cc1)Nc1ccccc1F. The Bertz CT molecular complexity index is 1100. The number of anilines is 1. The van der Waals surface area contributed by atoms with Gasteiger partial charge in [-0.05, 0) is 73.6 Å². The van der Waals surface area contributed by atoms with Crippen LogP contribution in [0, 0.1) is 5.82 Å². The standard InChI is InChI=1S/C33H43FN2O/c1-6-10-11-16-27(14-7-2)28-21-23-29(24-22-28)33(37)36-31(15-8-3)26(9-4)20-19-25(5)35-32-18-13-12-17-30(32)34/h9,12-13,15,17-24,27,35H,5-8,10-11,14,16H2,1-4H3,(H,36,37)/b20-19-,26-9+,31-15?. The first-order valence-electron chi connectivity index (χ1n) is 13.6. The molecule has 1 amide bonds. The fraction of sp³-hybridized carbons (Fsp3) is 0.364. The van der Waals surface area contributed by atoms with E-state index >= 15 is 0 Å². The van der Waals surface area contributed by atoms with Gasteiger partial charge >= 0.3 is 0 Å². The van der Waals surface area contributed by atoms with Crippen LogP contribution in [0.4, 0.5) is 10.1 Å². The number of rotatable bonds is 15. The first-order chi connectivity index (χ1) is 17.9. The second-order valence-electron chi connectivity index (χ2n) is 9.29. The van der Waals surface area contributed by atoms with Gasteiger partial charge in [0.25, 0.3) is 5.91 Å². The molecule has 0 aromatic heterocycles. The van der Waals surface area contributed by atoms with Crippen molar-refractivity contribution in [3.63, 3.8) is 0 Å². The minimum Gasteiger partial charge on any atom is -0.354 e. The molecule has 0 spiro atoms. The lowest BCUT2D eigenvalue weighted by molar-refractivity contribution is 0.0966. The lowest BCUT2D eigenvalue weighted by Crippen LogP contribution is -2.23. The van der Waals surface area contributed by atoms with Crippen LogP contribution in [0.2, 0.25) is 0 Å². The second kappa shape index (κ2) is 16.4. The summed E-state index contributed by atoms with van der Waals surface area (Å²) in [5.41, 5.74) is 4.45. The summed E-state index contributed by atoms with van der Waals surface area (Å²) >= 11 is 0. The number of para-hydroxylation sites is 1. The van der Waals surface area contributed by atoms with Gasteiger partial charge in [0.15, 0.2) is 0 Å². The largest absolute Gasteiger partial charge is 0.354 e. The van der Waals surface area contributed by atoms with Crippen molar-refractivity contribution >= 4 is 11.6 Å². The molecule has 2 rings (SSSR count). The number of allylic oxidation sites excluding steroid dienone is 4. The first-order valence-corrected chi connectivity index (χ1v) is 13.6. The van der Waals surface area contributed by atoms with E-state index in [1.807, 2.05) is 44.2 Å². The molecule has 0 fully saturated rings. The molecule has 2 aromatic carbocycles. The van der Waals surface area contributed by atoms with Crippen molar-refractivity contribution in [2.75, 3.05) is 5.32 Å². The van der Waals surface area contributed by atoms with Gasteiger partial charge in [-0.3, -0.25) is 4.79 Å². The van der Waals surface area contributed by atoms with Crippen LogP contribution < -0.4 is 10.6 Å². The maximum atomic E-state index is 13.9. The van der Waals surface area contributed by atoms with Crippen molar-refractivity contribution in [3.8, 4) is 0 Å². The minimum absolute atomic E-state index is 0.139. The van der Waals surface area contributed by atoms with Crippen LogP contribution >= 0.6 is 0 Å². The fourth-order valence-corrected chi connectivity index (χ4v) is 4.32. The van der Waals surface area contributed by atoms with Crippen LogP contribution in [0.1, 0.15) is 94.5 Å². The van der Waals surface area contributed by atoms with Crippen LogP contribution in [0.5, 0.6) is 0 Å². The number of amides is 1. The topological polar surface area (TPSA) is 41.1 Å². The Balaban J connectivity index is 2.09. The molecule has 0 saturated heterocycles. The number of unbranched alkanes of at least 4 members (excludes halogenated alkanes) is 2. The predicted molar refractivity (Wildman–Crippen MR) is 156 cm³/mol. The molecule has 1 unspecified atom stereocenters. The van der Waals surface area contributed by atoms with Crippen LogP contribution in [0.25, 0.3) is 0 Å². The minimum atomic E-state index is -0.338. The molecular weight excluding hydrogens is 459 g/mol. The van der Waals surface area contributed by atoms with Gasteiger partial charge < -0.3 is 10.6 Å². The molecule has 0 radical (unpaired) electrons. The average molecular weight is 503 g/mol. The molecule has 0 aliphatic rings. The number of nitrogens with one attached hydrogen (secondary N) is 2. The Kier molecular flexibility index (Phi) is 13.2. The quantitative estimate of drug-likeness (QED) is 0.188. The maximum absolute atomic E-state index is 13.9. The predicted octanol–water partition coefficient (Wildman–Crippen LogP) is 9.44. The third-order valence-corrected chi connectivity index (χ3v) is 6.35. The third kappa shape index (κ3) is 9.87. The summed E-state index contributed by atoms with van der Waals surface area (Å²) < 4.78 is 13.9. The van der Waals surface area contributed by atoms with Crippen LogP contribution in [0.15, 0.2) is 96.4 Å². The van der Waals surface area contributed by atoms with Crippen LogP contribution in [0.3, 0.4) is 0 Å². The van der Waals surface area contributed by atoms with Crippen LogP contribution in [-0.2, 0) is 0 Å². The molecule has 1 atom stereocenters. The van der Waals surface area contributed by atoms with Gasteiger partial charge in [-0.25, -0.2) is 4.39 Å². The fourth-order valence-electron chi connectivity index (χ4n) is 4.32. The highest BCUT2D eigenvalue weighted by atomic mass is 19.1. The summed E-state index contributed by atoms with van der Waals surface area (Å²) in [5, 5.41) is 6.05. The van der Waals surface area contributed by atoms with Gasteiger partial charge in [-0.15, -0.1) is 0 Å². The highest BCUT2D eigenvalue weighted by Gasteiger charge is 2.13. The molecule has 198 valence electrons. The summed E-state index contributed by atoms with van der Waals surface area (Å²) in [7, 11) is 0. The monoisotopic (exact) mass is 502 g/mol. The summed E-state index contributed by atoms with van der Waals surface area (Å²) in [5.74, 6) is 0.0745. The number of hydrogen-bond donors (Lipinski definition) is 2. The number of benzene rings is 2. The van der Waals surface area contributed by atoms with E-state index in [4.69, 9.17) is 0 Å². The summed E-state index contributed by atoms with van der Waals surface area (Å²) in [6.45, 7) is 12.4. The summed E-state index contributed by atoms with van der Waals surface area (Å²) in [6, 6.07) is 14.6. The van der Waals surface area contributed by atoms with Crippen molar-refractivity contribution < 1.29 is 9.18 Å². The zero-order valence-corrected chi connectivity index (χ0v) is 22.9. The normalized spacial score (nSPS) is 13.0.